The number of carboxylic acids is 1. The molecular weight excluding hydrogens is 634 g/mol. The van der Waals surface area contributed by atoms with Crippen LogP contribution in [0.1, 0.15) is 40.5 Å². The number of hydrogen-bond acceptors (Lipinski definition) is 8. The average Bonchev–Trinajstić information content (AvgIpc) is 2.99. The van der Waals surface area contributed by atoms with Crippen LogP contribution in [0, 0.1) is 11.6 Å². The summed E-state index contributed by atoms with van der Waals surface area (Å²) in [5.41, 5.74) is -0.876. The zero-order chi connectivity index (χ0) is 32.8. The lowest BCUT2D eigenvalue weighted by Crippen LogP contribution is -2.30. The van der Waals surface area contributed by atoms with Crippen LogP contribution >= 0.6 is 0 Å². The van der Waals surface area contributed by atoms with E-state index in [0.29, 0.717) is 24.5 Å². The highest BCUT2D eigenvalue weighted by atomic mass is 32.2. The van der Waals surface area contributed by atoms with E-state index in [1.165, 1.54) is 54.6 Å². The summed E-state index contributed by atoms with van der Waals surface area (Å²) < 4.78 is 92.7. The van der Waals surface area contributed by atoms with Crippen molar-refractivity contribution in [2.24, 2.45) is 0 Å². The van der Waals surface area contributed by atoms with Crippen molar-refractivity contribution in [1.29, 1.82) is 0 Å². The summed E-state index contributed by atoms with van der Waals surface area (Å²) in [6.45, 7) is 2.49. The lowest BCUT2D eigenvalue weighted by atomic mass is 10.1. The summed E-state index contributed by atoms with van der Waals surface area (Å²) in [6, 6.07) is 16.2. The van der Waals surface area contributed by atoms with Gasteiger partial charge in [0.2, 0.25) is 0 Å². The smallest absolute Gasteiger partial charge is 0.337 e. The number of rotatable bonds is 13. The molecule has 3 N–H and O–H groups in total. The van der Waals surface area contributed by atoms with Crippen LogP contribution in [0.4, 0.5) is 14.5 Å². The SMILES string of the molecule is CCCCOc1ccc(S(=O)(=O)Nc2ccc(Oc3cccc(C(=O)NS(=O)(=O)c4ccc(F)c(F)c4)c3)cc2C(=O)O)cc1. The molecule has 15 heteroatoms. The number of carbonyl (C=O) groups is 2. The van der Waals surface area contributed by atoms with Crippen molar-refractivity contribution in [2.75, 3.05) is 11.3 Å². The molecule has 0 aliphatic heterocycles. The number of sulfonamides is 2. The molecule has 4 aromatic carbocycles. The van der Waals surface area contributed by atoms with Gasteiger partial charge in [0.25, 0.3) is 26.0 Å². The van der Waals surface area contributed by atoms with Crippen LogP contribution in [0.5, 0.6) is 17.2 Å². The number of halogens is 2. The number of anilines is 1. The van der Waals surface area contributed by atoms with E-state index in [-0.39, 0.29) is 27.6 Å². The van der Waals surface area contributed by atoms with Gasteiger partial charge in [-0.2, -0.15) is 0 Å². The molecule has 0 fully saturated rings. The van der Waals surface area contributed by atoms with Crippen molar-refractivity contribution in [3.05, 3.63) is 108 Å². The predicted octanol–water partition coefficient (Wildman–Crippen LogP) is 5.55. The Bertz CT molecular complexity index is 1950. The summed E-state index contributed by atoms with van der Waals surface area (Å²) in [5, 5.41) is 9.75. The van der Waals surface area contributed by atoms with E-state index < -0.39 is 54.0 Å². The highest BCUT2D eigenvalue weighted by Crippen LogP contribution is 2.29. The van der Waals surface area contributed by atoms with Gasteiger partial charge in [0.15, 0.2) is 11.6 Å². The molecule has 11 nitrogen and oxygen atoms in total. The van der Waals surface area contributed by atoms with Crippen LogP contribution in [0.15, 0.2) is 94.7 Å². The topological polar surface area (TPSA) is 165 Å². The van der Waals surface area contributed by atoms with Gasteiger partial charge < -0.3 is 14.6 Å². The molecule has 4 rings (SSSR count). The number of benzene rings is 4. The minimum atomic E-state index is -4.56. The zero-order valence-corrected chi connectivity index (χ0v) is 25.1. The Hall–Kier alpha value is -5.02. The largest absolute Gasteiger partial charge is 0.494 e. The van der Waals surface area contributed by atoms with E-state index in [1.54, 1.807) is 4.72 Å². The third-order valence-electron chi connectivity index (χ3n) is 6.13. The lowest BCUT2D eigenvalue weighted by Gasteiger charge is -2.13. The van der Waals surface area contributed by atoms with Gasteiger partial charge in [0.05, 0.1) is 27.6 Å². The van der Waals surface area contributed by atoms with E-state index >= 15 is 0 Å². The number of nitrogens with one attached hydrogen (secondary N) is 2. The second kappa shape index (κ2) is 13.7. The summed E-state index contributed by atoms with van der Waals surface area (Å²) in [7, 11) is -8.74. The van der Waals surface area contributed by atoms with Gasteiger partial charge in [-0.25, -0.2) is 35.1 Å². The normalized spacial score (nSPS) is 11.4. The zero-order valence-electron chi connectivity index (χ0n) is 23.5. The molecule has 0 saturated carbocycles. The summed E-state index contributed by atoms with van der Waals surface area (Å²) in [4.78, 5) is 23.8. The Morgan fingerprint density at radius 2 is 1.44 bits per heavy atom. The third kappa shape index (κ3) is 8.33. The standard InChI is InChI=1S/C30H26F2N2O9S2/c1-2-3-15-42-20-7-10-23(11-8-20)44(38,39)33-28-14-9-22(17-25(28)30(36)37)43-21-6-4-5-19(16-21)29(35)34-45(40,41)24-12-13-26(31)27(32)18-24/h4-14,16-18,33H,2-3,15H2,1H3,(H,34,35)(H,36,37). The van der Waals surface area contributed by atoms with E-state index in [4.69, 9.17) is 9.47 Å². The van der Waals surface area contributed by atoms with Gasteiger partial charge in [0.1, 0.15) is 17.2 Å². The molecule has 0 aliphatic rings. The van der Waals surface area contributed by atoms with Crippen LogP contribution in [-0.4, -0.2) is 40.4 Å². The number of aromatic carboxylic acids is 1. The number of amides is 1. The molecule has 0 radical (unpaired) electrons. The third-order valence-corrected chi connectivity index (χ3v) is 8.84. The number of carboxylic acid groups (broad SMARTS) is 1. The van der Waals surface area contributed by atoms with Crippen LogP contribution in [0.2, 0.25) is 0 Å². The van der Waals surface area contributed by atoms with Gasteiger partial charge in [-0.3, -0.25) is 9.52 Å². The summed E-state index contributed by atoms with van der Waals surface area (Å²) >= 11 is 0. The Morgan fingerprint density at radius 1 is 0.778 bits per heavy atom. The molecule has 0 aromatic heterocycles. The van der Waals surface area contributed by atoms with Crippen molar-refractivity contribution in [3.63, 3.8) is 0 Å². The maximum atomic E-state index is 13.5. The Kier molecular flexibility index (Phi) is 10.0. The first kappa shape index (κ1) is 32.9. The van der Waals surface area contributed by atoms with Crippen molar-refractivity contribution < 1.29 is 49.8 Å². The van der Waals surface area contributed by atoms with E-state index in [9.17, 15) is 40.3 Å². The van der Waals surface area contributed by atoms with Gasteiger partial charge in [-0.1, -0.05) is 19.4 Å². The fourth-order valence-electron chi connectivity index (χ4n) is 3.83. The lowest BCUT2D eigenvalue weighted by molar-refractivity contribution is 0.0697. The average molecular weight is 661 g/mol. The van der Waals surface area contributed by atoms with Crippen LogP contribution < -0.4 is 18.9 Å². The first-order valence-corrected chi connectivity index (χ1v) is 16.2. The first-order chi connectivity index (χ1) is 21.3. The molecule has 4 aromatic rings. The molecular formula is C30H26F2N2O9S2. The number of hydrogen-bond donors (Lipinski definition) is 3. The minimum Gasteiger partial charge on any atom is -0.494 e. The van der Waals surface area contributed by atoms with Crippen molar-refractivity contribution in [2.45, 2.75) is 29.6 Å². The highest BCUT2D eigenvalue weighted by molar-refractivity contribution is 7.92. The molecule has 0 unspecified atom stereocenters. The number of unbranched alkanes of at least 4 members (excludes halogenated alkanes) is 1. The maximum absolute atomic E-state index is 13.5. The number of carbonyl (C=O) groups excluding carboxylic acids is 1. The molecule has 0 heterocycles. The molecule has 0 aliphatic carbocycles. The van der Waals surface area contributed by atoms with E-state index in [1.807, 2.05) is 6.92 Å². The molecule has 45 heavy (non-hydrogen) atoms. The molecule has 1 amide bonds. The fourth-order valence-corrected chi connectivity index (χ4v) is 5.89. The van der Waals surface area contributed by atoms with Gasteiger partial charge in [-0.15, -0.1) is 0 Å². The van der Waals surface area contributed by atoms with Crippen molar-refractivity contribution >= 4 is 37.6 Å². The quantitative estimate of drug-likeness (QED) is 0.156. The van der Waals surface area contributed by atoms with Crippen LogP contribution in [-0.2, 0) is 20.0 Å². The Morgan fingerprint density at radius 3 is 2.11 bits per heavy atom. The van der Waals surface area contributed by atoms with Crippen LogP contribution in [0.3, 0.4) is 0 Å². The van der Waals surface area contributed by atoms with Crippen LogP contribution in [0.25, 0.3) is 0 Å². The van der Waals surface area contributed by atoms with E-state index in [0.717, 1.165) is 31.0 Å². The predicted molar refractivity (Wildman–Crippen MR) is 159 cm³/mol. The minimum absolute atomic E-state index is 0.00112. The van der Waals surface area contributed by atoms with Crippen molar-refractivity contribution in [3.8, 4) is 17.2 Å². The second-order valence-electron chi connectivity index (χ2n) is 9.43. The van der Waals surface area contributed by atoms with Crippen molar-refractivity contribution in [1.82, 2.24) is 4.72 Å². The highest BCUT2D eigenvalue weighted by Gasteiger charge is 2.22. The monoisotopic (exact) mass is 660 g/mol. The van der Waals surface area contributed by atoms with Gasteiger partial charge in [-0.05, 0) is 85.3 Å². The van der Waals surface area contributed by atoms with E-state index in [2.05, 4.69) is 4.72 Å². The molecule has 0 saturated heterocycles. The fraction of sp³-hybridized carbons (Fsp3) is 0.133. The van der Waals surface area contributed by atoms with Gasteiger partial charge in [0, 0.05) is 5.56 Å². The number of ether oxygens (including phenoxy) is 2. The summed E-state index contributed by atoms with van der Waals surface area (Å²) in [5.74, 6) is -4.81. The molecule has 0 atom stereocenters. The Balaban J connectivity index is 1.49. The summed E-state index contributed by atoms with van der Waals surface area (Å²) in [6.07, 6.45) is 1.78. The maximum Gasteiger partial charge on any atom is 0.337 e. The molecule has 236 valence electrons. The first-order valence-electron chi connectivity index (χ1n) is 13.2. The second-order valence-corrected chi connectivity index (χ2v) is 12.8. The molecule has 0 spiro atoms. The Labute approximate surface area is 257 Å². The van der Waals surface area contributed by atoms with Gasteiger partial charge >= 0.3 is 5.97 Å². The molecule has 0 bridgehead atoms.